The van der Waals surface area contributed by atoms with Gasteiger partial charge in [0.25, 0.3) is 0 Å². The monoisotopic (exact) mass is 270 g/mol. The number of nitrogens with one attached hydrogen (secondary N) is 1. The number of hydrogen-bond donors (Lipinski definition) is 2. The maximum atomic E-state index is 5.69. The molecule has 0 unspecified atom stereocenters. The Hall–Kier alpha value is -1.84. The minimum absolute atomic E-state index is 0.574. The zero-order valence-electron chi connectivity index (χ0n) is 11.8. The van der Waals surface area contributed by atoms with Crippen LogP contribution in [0.25, 0.3) is 0 Å². The van der Waals surface area contributed by atoms with Gasteiger partial charge in [-0.2, -0.15) is 5.10 Å². The van der Waals surface area contributed by atoms with Gasteiger partial charge < -0.3 is 5.73 Å². The first-order chi connectivity index (χ1) is 9.81. The molecule has 1 aromatic heterocycles. The number of benzene rings is 1. The molecule has 4 nitrogen and oxygen atoms in total. The number of nitrogens with two attached hydrogens (primary N) is 1. The third kappa shape index (κ3) is 3.18. The molecule has 2 aromatic rings. The Morgan fingerprint density at radius 1 is 1.05 bits per heavy atom. The van der Waals surface area contributed by atoms with Crippen LogP contribution in [0.5, 0.6) is 0 Å². The summed E-state index contributed by atoms with van der Waals surface area (Å²) < 4.78 is 0. The van der Waals surface area contributed by atoms with E-state index in [1.807, 2.05) is 12.1 Å². The molecule has 0 spiro atoms. The molecular formula is C16H22N4. The van der Waals surface area contributed by atoms with Gasteiger partial charge in [-0.1, -0.05) is 31.4 Å². The van der Waals surface area contributed by atoms with Crippen molar-refractivity contribution in [2.24, 2.45) is 0 Å². The molecule has 3 rings (SSSR count). The van der Waals surface area contributed by atoms with Crippen molar-refractivity contribution in [3.63, 3.8) is 0 Å². The maximum Gasteiger partial charge on any atom is 0.153 e. The first-order valence-electron chi connectivity index (χ1n) is 7.57. The Morgan fingerprint density at radius 2 is 1.80 bits per heavy atom. The van der Waals surface area contributed by atoms with Crippen LogP contribution < -0.4 is 5.73 Å². The largest absolute Gasteiger partial charge is 0.399 e. The summed E-state index contributed by atoms with van der Waals surface area (Å²) in [4.78, 5) is 4.68. The molecule has 0 radical (unpaired) electrons. The Morgan fingerprint density at radius 3 is 2.55 bits per heavy atom. The second-order valence-electron chi connectivity index (χ2n) is 5.72. The molecule has 0 aliphatic heterocycles. The Balaban J connectivity index is 1.58. The van der Waals surface area contributed by atoms with E-state index in [4.69, 9.17) is 5.73 Å². The van der Waals surface area contributed by atoms with Gasteiger partial charge in [0.15, 0.2) is 5.82 Å². The van der Waals surface area contributed by atoms with Gasteiger partial charge in [-0.05, 0) is 37.0 Å². The predicted molar refractivity (Wildman–Crippen MR) is 80.5 cm³/mol. The van der Waals surface area contributed by atoms with Crippen LogP contribution in [0.15, 0.2) is 24.3 Å². The van der Waals surface area contributed by atoms with Gasteiger partial charge in [0.1, 0.15) is 5.82 Å². The quantitative estimate of drug-likeness (QED) is 0.838. The third-order valence-corrected chi connectivity index (χ3v) is 4.15. The van der Waals surface area contributed by atoms with E-state index in [-0.39, 0.29) is 0 Å². The van der Waals surface area contributed by atoms with E-state index in [1.165, 1.54) is 37.7 Å². The lowest BCUT2D eigenvalue weighted by Crippen LogP contribution is -2.06. The average molecular weight is 270 g/mol. The summed E-state index contributed by atoms with van der Waals surface area (Å²) >= 11 is 0. The number of aromatic nitrogens is 3. The molecule has 1 saturated carbocycles. The summed E-state index contributed by atoms with van der Waals surface area (Å²) in [7, 11) is 0. The van der Waals surface area contributed by atoms with Gasteiger partial charge in [0, 0.05) is 18.0 Å². The van der Waals surface area contributed by atoms with Crippen LogP contribution in [0.3, 0.4) is 0 Å². The highest BCUT2D eigenvalue weighted by Gasteiger charge is 2.19. The van der Waals surface area contributed by atoms with Crippen LogP contribution in [0.2, 0.25) is 0 Å². The molecule has 3 N–H and O–H groups in total. The summed E-state index contributed by atoms with van der Waals surface area (Å²) in [6, 6.07) is 8.05. The first kappa shape index (κ1) is 13.2. The van der Waals surface area contributed by atoms with Crippen LogP contribution in [0, 0.1) is 0 Å². The first-order valence-corrected chi connectivity index (χ1v) is 7.57. The fraction of sp³-hybridized carbons (Fsp3) is 0.500. The van der Waals surface area contributed by atoms with Gasteiger partial charge >= 0.3 is 0 Å². The number of aromatic amines is 1. The fourth-order valence-electron chi connectivity index (χ4n) is 2.91. The minimum atomic E-state index is 0.574. The smallest absolute Gasteiger partial charge is 0.153 e. The fourth-order valence-corrected chi connectivity index (χ4v) is 2.91. The number of nitrogen functional groups attached to an aromatic ring is 1. The summed E-state index contributed by atoms with van der Waals surface area (Å²) in [6.45, 7) is 0. The molecule has 106 valence electrons. The van der Waals surface area contributed by atoms with E-state index >= 15 is 0 Å². The van der Waals surface area contributed by atoms with E-state index in [0.717, 1.165) is 30.2 Å². The van der Waals surface area contributed by atoms with Gasteiger partial charge in [-0.3, -0.25) is 5.10 Å². The SMILES string of the molecule is Nc1ccc(CCc2nc(C3CCCCC3)n[nH]2)cc1. The van der Waals surface area contributed by atoms with Crippen molar-refractivity contribution in [2.75, 3.05) is 5.73 Å². The molecule has 1 aliphatic carbocycles. The minimum Gasteiger partial charge on any atom is -0.399 e. The number of aryl methyl sites for hydroxylation is 2. The Bertz CT molecular complexity index is 538. The van der Waals surface area contributed by atoms with Gasteiger partial charge in [0.2, 0.25) is 0 Å². The summed E-state index contributed by atoms with van der Waals surface area (Å²) in [6.07, 6.45) is 8.37. The Kier molecular flexibility index (Phi) is 4.00. The summed E-state index contributed by atoms with van der Waals surface area (Å²) in [5.41, 5.74) is 7.79. The lowest BCUT2D eigenvalue weighted by Gasteiger charge is -2.17. The van der Waals surface area contributed by atoms with Gasteiger partial charge in [0.05, 0.1) is 0 Å². The normalized spacial score (nSPS) is 16.4. The molecule has 0 amide bonds. The standard InChI is InChI=1S/C16H22N4/c17-14-9-6-12(7-10-14)8-11-15-18-16(20-19-15)13-4-2-1-3-5-13/h6-7,9-10,13H,1-5,8,11,17H2,(H,18,19,20). The van der Waals surface area contributed by atoms with Crippen molar-refractivity contribution >= 4 is 5.69 Å². The molecule has 0 atom stereocenters. The second kappa shape index (κ2) is 6.07. The molecule has 0 bridgehead atoms. The number of rotatable bonds is 4. The van der Waals surface area contributed by atoms with Crippen LogP contribution in [-0.4, -0.2) is 15.2 Å². The zero-order valence-corrected chi connectivity index (χ0v) is 11.8. The second-order valence-corrected chi connectivity index (χ2v) is 5.72. The van der Waals surface area contributed by atoms with E-state index in [0.29, 0.717) is 5.92 Å². The van der Waals surface area contributed by atoms with Crippen molar-refractivity contribution in [3.8, 4) is 0 Å². The number of H-pyrrole nitrogens is 1. The molecule has 1 heterocycles. The molecule has 20 heavy (non-hydrogen) atoms. The van der Waals surface area contributed by atoms with Crippen molar-refractivity contribution in [3.05, 3.63) is 41.5 Å². The van der Waals surface area contributed by atoms with E-state index in [9.17, 15) is 0 Å². The highest BCUT2D eigenvalue weighted by molar-refractivity contribution is 5.39. The number of nitrogens with zero attached hydrogens (tertiary/aromatic N) is 2. The van der Waals surface area contributed by atoms with Crippen LogP contribution >= 0.6 is 0 Å². The molecule has 1 aromatic carbocycles. The highest BCUT2D eigenvalue weighted by atomic mass is 15.2. The molecule has 4 heteroatoms. The molecule has 1 aliphatic rings. The van der Waals surface area contributed by atoms with E-state index < -0.39 is 0 Å². The summed E-state index contributed by atoms with van der Waals surface area (Å²) in [5.74, 6) is 2.60. The van der Waals surface area contributed by atoms with Crippen molar-refractivity contribution in [1.29, 1.82) is 0 Å². The van der Waals surface area contributed by atoms with Crippen molar-refractivity contribution in [2.45, 2.75) is 50.9 Å². The predicted octanol–water partition coefficient (Wildman–Crippen LogP) is 3.22. The number of anilines is 1. The van der Waals surface area contributed by atoms with Crippen LogP contribution in [0.4, 0.5) is 5.69 Å². The van der Waals surface area contributed by atoms with Gasteiger partial charge in [-0.15, -0.1) is 0 Å². The van der Waals surface area contributed by atoms with Crippen LogP contribution in [0.1, 0.15) is 55.2 Å². The molecular weight excluding hydrogens is 248 g/mol. The lowest BCUT2D eigenvalue weighted by atomic mass is 9.89. The van der Waals surface area contributed by atoms with E-state index in [2.05, 4.69) is 27.3 Å². The topological polar surface area (TPSA) is 67.6 Å². The van der Waals surface area contributed by atoms with Crippen molar-refractivity contribution < 1.29 is 0 Å². The summed E-state index contributed by atoms with van der Waals surface area (Å²) in [5, 5.41) is 7.51. The zero-order chi connectivity index (χ0) is 13.8. The van der Waals surface area contributed by atoms with Crippen molar-refractivity contribution in [1.82, 2.24) is 15.2 Å². The molecule has 0 saturated heterocycles. The average Bonchev–Trinajstić information content (AvgIpc) is 2.97. The Labute approximate surface area is 119 Å². The lowest BCUT2D eigenvalue weighted by molar-refractivity contribution is 0.429. The third-order valence-electron chi connectivity index (χ3n) is 4.15. The van der Waals surface area contributed by atoms with E-state index in [1.54, 1.807) is 0 Å². The number of hydrogen-bond acceptors (Lipinski definition) is 3. The highest BCUT2D eigenvalue weighted by Crippen LogP contribution is 2.30. The maximum absolute atomic E-state index is 5.69. The molecule has 1 fully saturated rings. The van der Waals surface area contributed by atoms with Gasteiger partial charge in [-0.25, -0.2) is 4.98 Å². The van der Waals surface area contributed by atoms with Crippen LogP contribution in [-0.2, 0) is 12.8 Å².